The lowest BCUT2D eigenvalue weighted by Gasteiger charge is -2.28. The van der Waals surface area contributed by atoms with Crippen molar-refractivity contribution < 1.29 is 14.5 Å². The summed E-state index contributed by atoms with van der Waals surface area (Å²) in [6.07, 6.45) is 0. The molecule has 2 aromatic carbocycles. The third-order valence-corrected chi connectivity index (χ3v) is 3.97. The first-order chi connectivity index (χ1) is 12.3. The molecule has 1 amide bonds. The largest absolute Gasteiger partial charge is 0.494 e. The third kappa shape index (κ3) is 4.72. The van der Waals surface area contributed by atoms with Crippen LogP contribution in [0.2, 0.25) is 0 Å². The Hall–Kier alpha value is -3.09. The van der Waals surface area contributed by atoms with E-state index < -0.39 is 4.92 Å². The molecule has 0 aliphatic rings. The molecule has 2 rings (SSSR count). The minimum atomic E-state index is -0.508. The number of nitro groups is 1. The van der Waals surface area contributed by atoms with Crippen LogP contribution >= 0.6 is 0 Å². The van der Waals surface area contributed by atoms with Gasteiger partial charge in [0.1, 0.15) is 5.75 Å². The number of anilines is 2. The van der Waals surface area contributed by atoms with Gasteiger partial charge in [-0.1, -0.05) is 17.7 Å². The molecule has 0 aliphatic heterocycles. The van der Waals surface area contributed by atoms with Gasteiger partial charge < -0.3 is 15.0 Å². The highest BCUT2D eigenvalue weighted by Crippen LogP contribution is 2.29. The molecule has 0 unspecified atom stereocenters. The summed E-state index contributed by atoms with van der Waals surface area (Å²) in [7, 11) is 1.40. The SMILES string of the molecule is COc1cc([N+](=O)[O-])ccc1NC(=O)CN(c1ccc(C)cc1)C(C)C. The Balaban J connectivity index is 2.15. The van der Waals surface area contributed by atoms with Gasteiger partial charge in [-0.3, -0.25) is 14.9 Å². The van der Waals surface area contributed by atoms with Gasteiger partial charge in [0.05, 0.1) is 30.3 Å². The van der Waals surface area contributed by atoms with Crippen LogP contribution in [0.25, 0.3) is 0 Å². The Kier molecular flexibility index (Phi) is 6.16. The summed E-state index contributed by atoms with van der Waals surface area (Å²) < 4.78 is 5.15. The van der Waals surface area contributed by atoms with Gasteiger partial charge in [-0.15, -0.1) is 0 Å². The number of benzene rings is 2. The summed E-state index contributed by atoms with van der Waals surface area (Å²) in [5.74, 6) is 0.0189. The van der Waals surface area contributed by atoms with E-state index in [0.717, 1.165) is 11.3 Å². The molecular weight excluding hydrogens is 334 g/mol. The van der Waals surface area contributed by atoms with E-state index in [1.165, 1.54) is 25.3 Å². The van der Waals surface area contributed by atoms with E-state index in [1.54, 1.807) is 0 Å². The first-order valence-electron chi connectivity index (χ1n) is 8.27. The minimum Gasteiger partial charge on any atom is -0.494 e. The van der Waals surface area contributed by atoms with Crippen LogP contribution in [0.5, 0.6) is 5.75 Å². The monoisotopic (exact) mass is 357 g/mol. The van der Waals surface area contributed by atoms with E-state index in [1.807, 2.05) is 49.9 Å². The van der Waals surface area contributed by atoms with Crippen LogP contribution < -0.4 is 15.0 Å². The molecule has 0 aromatic heterocycles. The molecule has 1 N–H and O–H groups in total. The molecule has 0 atom stereocenters. The Morgan fingerprint density at radius 1 is 1.23 bits per heavy atom. The normalized spacial score (nSPS) is 10.5. The number of carbonyl (C=O) groups excluding carboxylic acids is 1. The van der Waals surface area contributed by atoms with Crippen molar-refractivity contribution in [1.29, 1.82) is 0 Å². The van der Waals surface area contributed by atoms with Crippen LogP contribution in [-0.2, 0) is 4.79 Å². The van der Waals surface area contributed by atoms with Crippen molar-refractivity contribution in [3.8, 4) is 5.75 Å². The molecule has 2 aromatic rings. The standard InChI is InChI=1S/C19H23N3O4/c1-13(2)21(15-7-5-14(3)6-8-15)12-19(23)20-17-10-9-16(22(24)25)11-18(17)26-4/h5-11,13H,12H2,1-4H3,(H,20,23). The fourth-order valence-corrected chi connectivity index (χ4v) is 2.55. The summed E-state index contributed by atoms with van der Waals surface area (Å²) in [4.78, 5) is 24.8. The zero-order valence-corrected chi connectivity index (χ0v) is 15.4. The van der Waals surface area contributed by atoms with Gasteiger partial charge in [-0.05, 0) is 39.0 Å². The maximum absolute atomic E-state index is 12.5. The van der Waals surface area contributed by atoms with Gasteiger partial charge >= 0.3 is 0 Å². The molecule has 26 heavy (non-hydrogen) atoms. The number of rotatable bonds is 7. The fraction of sp³-hybridized carbons (Fsp3) is 0.316. The van der Waals surface area contributed by atoms with Crippen molar-refractivity contribution in [1.82, 2.24) is 0 Å². The Labute approximate surface area is 152 Å². The smallest absolute Gasteiger partial charge is 0.273 e. The number of methoxy groups -OCH3 is 1. The molecule has 0 bridgehead atoms. The molecule has 7 nitrogen and oxygen atoms in total. The van der Waals surface area contributed by atoms with E-state index in [0.29, 0.717) is 5.69 Å². The van der Waals surface area contributed by atoms with Crippen LogP contribution in [0, 0.1) is 17.0 Å². The molecule has 0 saturated heterocycles. The van der Waals surface area contributed by atoms with E-state index in [2.05, 4.69) is 5.32 Å². The van der Waals surface area contributed by atoms with Crippen LogP contribution in [-0.4, -0.2) is 30.5 Å². The second-order valence-corrected chi connectivity index (χ2v) is 6.25. The Morgan fingerprint density at radius 2 is 1.88 bits per heavy atom. The van der Waals surface area contributed by atoms with Crippen molar-refractivity contribution in [3.05, 3.63) is 58.1 Å². The van der Waals surface area contributed by atoms with Crippen molar-refractivity contribution in [3.63, 3.8) is 0 Å². The lowest BCUT2D eigenvalue weighted by atomic mass is 10.2. The van der Waals surface area contributed by atoms with Gasteiger partial charge in [0.2, 0.25) is 5.91 Å². The summed E-state index contributed by atoms with van der Waals surface area (Å²) in [5, 5.41) is 13.6. The Morgan fingerprint density at radius 3 is 2.42 bits per heavy atom. The minimum absolute atomic E-state index is 0.0942. The van der Waals surface area contributed by atoms with Gasteiger partial charge in [0.25, 0.3) is 5.69 Å². The zero-order valence-electron chi connectivity index (χ0n) is 15.4. The predicted octanol–water partition coefficient (Wildman–Crippen LogP) is 3.77. The predicted molar refractivity (Wildman–Crippen MR) is 102 cm³/mol. The third-order valence-electron chi connectivity index (χ3n) is 3.97. The summed E-state index contributed by atoms with van der Waals surface area (Å²) in [5.41, 5.74) is 2.41. The van der Waals surface area contributed by atoms with Gasteiger partial charge in [0.15, 0.2) is 0 Å². The van der Waals surface area contributed by atoms with Crippen LogP contribution in [0.4, 0.5) is 17.1 Å². The highest BCUT2D eigenvalue weighted by molar-refractivity contribution is 5.95. The summed E-state index contributed by atoms with van der Waals surface area (Å²) in [6.45, 7) is 6.19. The van der Waals surface area contributed by atoms with Gasteiger partial charge in [-0.2, -0.15) is 0 Å². The van der Waals surface area contributed by atoms with Crippen LogP contribution in [0.1, 0.15) is 19.4 Å². The highest BCUT2D eigenvalue weighted by atomic mass is 16.6. The van der Waals surface area contributed by atoms with Crippen molar-refractivity contribution in [2.45, 2.75) is 26.8 Å². The first-order valence-corrected chi connectivity index (χ1v) is 8.27. The number of hydrogen-bond acceptors (Lipinski definition) is 5. The maximum Gasteiger partial charge on any atom is 0.273 e. The van der Waals surface area contributed by atoms with Crippen molar-refractivity contribution >= 4 is 23.0 Å². The Bertz CT molecular complexity index is 788. The average molecular weight is 357 g/mol. The molecule has 0 fully saturated rings. The molecule has 7 heteroatoms. The second-order valence-electron chi connectivity index (χ2n) is 6.25. The number of nitrogens with one attached hydrogen (secondary N) is 1. The number of ether oxygens (including phenoxy) is 1. The van der Waals surface area contributed by atoms with E-state index in [-0.39, 0.29) is 29.9 Å². The lowest BCUT2D eigenvalue weighted by molar-refractivity contribution is -0.384. The average Bonchev–Trinajstić information content (AvgIpc) is 2.60. The maximum atomic E-state index is 12.5. The van der Waals surface area contributed by atoms with E-state index >= 15 is 0 Å². The molecule has 0 aliphatic carbocycles. The quantitative estimate of drug-likeness (QED) is 0.602. The van der Waals surface area contributed by atoms with Crippen LogP contribution in [0.15, 0.2) is 42.5 Å². The van der Waals surface area contributed by atoms with E-state index in [9.17, 15) is 14.9 Å². The number of amides is 1. The van der Waals surface area contributed by atoms with E-state index in [4.69, 9.17) is 4.74 Å². The molecule has 0 spiro atoms. The highest BCUT2D eigenvalue weighted by Gasteiger charge is 2.17. The van der Waals surface area contributed by atoms with Crippen LogP contribution in [0.3, 0.4) is 0 Å². The van der Waals surface area contributed by atoms with Crippen molar-refractivity contribution in [2.24, 2.45) is 0 Å². The number of non-ortho nitro benzene ring substituents is 1. The lowest BCUT2D eigenvalue weighted by Crippen LogP contribution is -2.38. The zero-order chi connectivity index (χ0) is 19.3. The summed E-state index contributed by atoms with van der Waals surface area (Å²) in [6, 6.07) is 12.2. The van der Waals surface area contributed by atoms with Gasteiger partial charge in [-0.25, -0.2) is 0 Å². The number of hydrogen-bond donors (Lipinski definition) is 1. The molecule has 138 valence electrons. The fourth-order valence-electron chi connectivity index (χ4n) is 2.55. The molecule has 0 radical (unpaired) electrons. The molecule has 0 saturated carbocycles. The summed E-state index contributed by atoms with van der Waals surface area (Å²) >= 11 is 0. The van der Waals surface area contributed by atoms with Gasteiger partial charge in [0, 0.05) is 17.8 Å². The molecular formula is C19H23N3O4. The number of nitro benzene ring substituents is 1. The second kappa shape index (κ2) is 8.33. The number of aryl methyl sites for hydroxylation is 1. The molecule has 0 heterocycles. The van der Waals surface area contributed by atoms with Crippen molar-refractivity contribution in [2.75, 3.05) is 23.9 Å². The number of carbonyl (C=O) groups is 1. The number of nitrogens with zero attached hydrogens (tertiary/aromatic N) is 2. The first kappa shape index (κ1) is 19.2. The topological polar surface area (TPSA) is 84.7 Å².